The molecule has 1 aromatic heterocycles. The molecule has 1 aliphatic heterocycles. The van der Waals surface area contributed by atoms with E-state index in [1.54, 1.807) is 23.6 Å². The molecule has 0 amide bonds. The summed E-state index contributed by atoms with van der Waals surface area (Å²) in [5, 5.41) is 15.7. The average Bonchev–Trinajstić information content (AvgIpc) is 2.96. The van der Waals surface area contributed by atoms with E-state index in [4.69, 9.17) is 9.47 Å². The minimum Gasteiger partial charge on any atom is -0.493 e. The minimum absolute atomic E-state index is 0.317. The summed E-state index contributed by atoms with van der Waals surface area (Å²) in [6, 6.07) is 6.34. The number of nitrogens with zero attached hydrogens (tertiary/aromatic N) is 4. The van der Waals surface area contributed by atoms with Crippen LogP contribution in [0.1, 0.15) is 5.56 Å². The first-order valence-electron chi connectivity index (χ1n) is 7.15. The number of hydrogen-bond acceptors (Lipinski definition) is 7. The monoisotopic (exact) mass is 321 g/mol. The van der Waals surface area contributed by atoms with Crippen LogP contribution in [0.3, 0.4) is 0 Å². The zero-order valence-electron chi connectivity index (χ0n) is 12.7. The Morgan fingerprint density at radius 3 is 3.18 bits per heavy atom. The molecule has 8 heteroatoms. The number of hydrogen-bond donors (Lipinski definition) is 1. The smallest absolute Gasteiger partial charge is 0.209 e. The lowest BCUT2D eigenvalue weighted by molar-refractivity contribution is 0.229. The number of rotatable bonds is 6. The number of tetrazole rings is 1. The first-order valence-corrected chi connectivity index (χ1v) is 8.13. The molecule has 1 N–H and O–H groups in total. The topological polar surface area (TPSA) is 74.1 Å². The maximum Gasteiger partial charge on any atom is 0.209 e. The number of nitrogens with one attached hydrogen (secondary N) is 1. The highest BCUT2D eigenvalue weighted by atomic mass is 32.2. The summed E-state index contributed by atoms with van der Waals surface area (Å²) in [6.07, 6.45) is 0.947. The van der Waals surface area contributed by atoms with Gasteiger partial charge in [0.2, 0.25) is 5.16 Å². The Labute approximate surface area is 133 Å². The second-order valence-corrected chi connectivity index (χ2v) is 6.11. The fourth-order valence-corrected chi connectivity index (χ4v) is 3.15. The van der Waals surface area contributed by atoms with Crippen molar-refractivity contribution in [1.29, 1.82) is 0 Å². The third-order valence-electron chi connectivity index (χ3n) is 3.52. The summed E-state index contributed by atoms with van der Waals surface area (Å²) < 4.78 is 12.9. The van der Waals surface area contributed by atoms with E-state index in [9.17, 15) is 0 Å². The Bertz CT molecular complexity index is 633. The van der Waals surface area contributed by atoms with Crippen LogP contribution in [-0.4, -0.2) is 52.3 Å². The van der Waals surface area contributed by atoms with E-state index >= 15 is 0 Å². The lowest BCUT2D eigenvalue weighted by atomic mass is 10.0. The summed E-state index contributed by atoms with van der Waals surface area (Å²) in [5.74, 6) is 2.60. The van der Waals surface area contributed by atoms with Gasteiger partial charge in [-0.2, -0.15) is 0 Å². The SMILES string of the molecule is COc1cccc2c1OCC(NCCSc1nnnn1C)C2. The molecule has 1 unspecified atom stereocenters. The molecule has 22 heavy (non-hydrogen) atoms. The largest absolute Gasteiger partial charge is 0.493 e. The van der Waals surface area contributed by atoms with Crippen molar-refractivity contribution in [3.8, 4) is 11.5 Å². The van der Waals surface area contributed by atoms with Crippen molar-refractivity contribution in [1.82, 2.24) is 25.5 Å². The second-order valence-electron chi connectivity index (χ2n) is 5.05. The van der Waals surface area contributed by atoms with Crippen molar-refractivity contribution in [2.24, 2.45) is 7.05 Å². The maximum absolute atomic E-state index is 5.85. The summed E-state index contributed by atoms with van der Waals surface area (Å²) in [4.78, 5) is 0. The van der Waals surface area contributed by atoms with Gasteiger partial charge in [-0.3, -0.25) is 0 Å². The summed E-state index contributed by atoms with van der Waals surface area (Å²) in [7, 11) is 3.51. The van der Waals surface area contributed by atoms with Crippen molar-refractivity contribution < 1.29 is 9.47 Å². The lowest BCUT2D eigenvalue weighted by Gasteiger charge is -2.27. The molecule has 2 aromatic rings. The molecular weight excluding hydrogens is 302 g/mol. The predicted molar refractivity (Wildman–Crippen MR) is 83.5 cm³/mol. The fourth-order valence-electron chi connectivity index (χ4n) is 2.43. The molecule has 0 radical (unpaired) electrons. The molecule has 0 aliphatic carbocycles. The predicted octanol–water partition coefficient (Wildman–Crippen LogP) is 0.904. The van der Waals surface area contributed by atoms with Crippen molar-refractivity contribution in [2.75, 3.05) is 26.0 Å². The van der Waals surface area contributed by atoms with E-state index in [2.05, 4.69) is 26.9 Å². The Morgan fingerprint density at radius 1 is 1.50 bits per heavy atom. The molecule has 7 nitrogen and oxygen atoms in total. The van der Waals surface area contributed by atoms with E-state index < -0.39 is 0 Å². The highest BCUT2D eigenvalue weighted by Crippen LogP contribution is 2.34. The van der Waals surface area contributed by atoms with Gasteiger partial charge in [-0.05, 0) is 28.5 Å². The van der Waals surface area contributed by atoms with Crippen molar-refractivity contribution in [3.05, 3.63) is 23.8 Å². The normalized spacial score (nSPS) is 16.9. The molecule has 2 heterocycles. The van der Waals surface area contributed by atoms with Gasteiger partial charge in [0, 0.05) is 25.4 Å². The Morgan fingerprint density at radius 2 is 2.41 bits per heavy atom. The standard InChI is InChI=1S/C14H19N5O2S/c1-19-14(16-17-18-19)22-7-6-15-11-8-10-4-3-5-12(20-2)13(10)21-9-11/h3-5,11,15H,6-9H2,1-2H3. The molecule has 0 spiro atoms. The number of ether oxygens (including phenoxy) is 2. The van der Waals surface area contributed by atoms with E-state index in [0.717, 1.165) is 35.4 Å². The number of thioether (sulfide) groups is 1. The minimum atomic E-state index is 0.317. The van der Waals surface area contributed by atoms with Gasteiger partial charge in [-0.25, -0.2) is 4.68 Å². The molecule has 1 aliphatic rings. The van der Waals surface area contributed by atoms with Crippen LogP contribution in [0, 0.1) is 0 Å². The van der Waals surface area contributed by atoms with Crippen LogP contribution >= 0.6 is 11.8 Å². The molecule has 118 valence electrons. The van der Waals surface area contributed by atoms with Gasteiger partial charge in [0.05, 0.1) is 7.11 Å². The molecule has 1 aromatic carbocycles. The molecule has 0 saturated heterocycles. The highest BCUT2D eigenvalue weighted by Gasteiger charge is 2.22. The first-order chi connectivity index (χ1) is 10.8. The molecule has 0 bridgehead atoms. The summed E-state index contributed by atoms with van der Waals surface area (Å²) in [6.45, 7) is 1.54. The number of aryl methyl sites for hydroxylation is 1. The van der Waals surface area contributed by atoms with E-state index in [1.165, 1.54) is 5.56 Å². The number of benzene rings is 1. The van der Waals surface area contributed by atoms with Crippen LogP contribution in [0.15, 0.2) is 23.4 Å². The van der Waals surface area contributed by atoms with Crippen LogP contribution in [0.2, 0.25) is 0 Å². The van der Waals surface area contributed by atoms with Crippen molar-refractivity contribution in [2.45, 2.75) is 17.6 Å². The van der Waals surface area contributed by atoms with Gasteiger partial charge in [0.15, 0.2) is 11.5 Å². The first kappa shape index (κ1) is 15.1. The van der Waals surface area contributed by atoms with Crippen molar-refractivity contribution >= 4 is 11.8 Å². The number of methoxy groups -OCH3 is 1. The molecule has 0 saturated carbocycles. The third-order valence-corrected chi connectivity index (χ3v) is 4.54. The Balaban J connectivity index is 1.48. The van der Waals surface area contributed by atoms with Gasteiger partial charge in [0.25, 0.3) is 0 Å². The third kappa shape index (κ3) is 3.33. The quantitative estimate of drug-likeness (QED) is 0.626. The van der Waals surface area contributed by atoms with Gasteiger partial charge < -0.3 is 14.8 Å². The highest BCUT2D eigenvalue weighted by molar-refractivity contribution is 7.99. The number of aromatic nitrogens is 4. The van der Waals surface area contributed by atoms with E-state index in [1.807, 2.05) is 19.2 Å². The maximum atomic E-state index is 5.85. The van der Waals surface area contributed by atoms with Gasteiger partial charge >= 0.3 is 0 Å². The molecule has 0 fully saturated rings. The summed E-state index contributed by atoms with van der Waals surface area (Å²) >= 11 is 1.64. The van der Waals surface area contributed by atoms with Crippen LogP contribution < -0.4 is 14.8 Å². The zero-order chi connectivity index (χ0) is 15.4. The van der Waals surface area contributed by atoms with Crippen LogP contribution in [0.4, 0.5) is 0 Å². The fraction of sp³-hybridized carbons (Fsp3) is 0.500. The zero-order valence-corrected chi connectivity index (χ0v) is 13.5. The Hall–Kier alpha value is -1.80. The number of fused-ring (bicyclic) bond motifs is 1. The van der Waals surface area contributed by atoms with Crippen LogP contribution in [0.25, 0.3) is 0 Å². The Kier molecular flexibility index (Phi) is 4.79. The van der Waals surface area contributed by atoms with Gasteiger partial charge in [-0.15, -0.1) is 5.10 Å². The van der Waals surface area contributed by atoms with Crippen LogP contribution in [0.5, 0.6) is 11.5 Å². The lowest BCUT2D eigenvalue weighted by Crippen LogP contribution is -2.40. The van der Waals surface area contributed by atoms with E-state index in [0.29, 0.717) is 12.6 Å². The van der Waals surface area contributed by atoms with Gasteiger partial charge in [0.1, 0.15) is 6.61 Å². The molecule has 1 atom stereocenters. The average molecular weight is 321 g/mol. The molecular formula is C14H19N5O2S. The summed E-state index contributed by atoms with van der Waals surface area (Å²) in [5.41, 5.74) is 1.19. The molecule has 3 rings (SSSR count). The number of para-hydroxylation sites is 1. The van der Waals surface area contributed by atoms with Crippen molar-refractivity contribution in [3.63, 3.8) is 0 Å². The van der Waals surface area contributed by atoms with Gasteiger partial charge in [-0.1, -0.05) is 23.9 Å². The second kappa shape index (κ2) is 6.97. The van der Waals surface area contributed by atoms with E-state index in [-0.39, 0.29) is 0 Å². The van der Waals surface area contributed by atoms with Crippen LogP contribution in [-0.2, 0) is 13.5 Å².